The summed E-state index contributed by atoms with van der Waals surface area (Å²) >= 11 is 0. The number of ether oxygens (including phenoxy) is 1. The number of carbonyl (C=O) groups excluding carboxylic acids is 1. The fourth-order valence-corrected chi connectivity index (χ4v) is 4.96. The van der Waals surface area contributed by atoms with Gasteiger partial charge in [0.25, 0.3) is 10.0 Å². The summed E-state index contributed by atoms with van der Waals surface area (Å²) in [6.07, 6.45) is 0.423. The molecule has 0 radical (unpaired) electrons. The van der Waals surface area contributed by atoms with Crippen molar-refractivity contribution in [3.63, 3.8) is 0 Å². The maximum Gasteiger partial charge on any atom is 0.387 e. The minimum atomic E-state index is -4.05. The van der Waals surface area contributed by atoms with E-state index >= 15 is 0 Å². The number of aliphatic hydroxyl groups excluding tert-OH is 1. The van der Waals surface area contributed by atoms with E-state index in [1.54, 1.807) is 31.2 Å². The SMILES string of the molecule is C[C@H](O)[C@H](C(=O)N1Cc2cn(S(=O)(=O)c3ccc(OC(F)F)cc3)nc2C1)c1ccccc1. The summed E-state index contributed by atoms with van der Waals surface area (Å²) in [6, 6.07) is 13.5. The number of aliphatic hydroxyl groups is 1. The zero-order chi connectivity index (χ0) is 23.8. The van der Waals surface area contributed by atoms with Crippen molar-refractivity contribution in [2.45, 2.75) is 43.5 Å². The van der Waals surface area contributed by atoms with E-state index in [2.05, 4.69) is 9.84 Å². The van der Waals surface area contributed by atoms with Crippen LogP contribution < -0.4 is 4.74 Å². The molecular formula is C22H21F2N3O5S. The molecule has 33 heavy (non-hydrogen) atoms. The molecule has 2 atom stereocenters. The largest absolute Gasteiger partial charge is 0.435 e. The van der Waals surface area contributed by atoms with Crippen LogP contribution >= 0.6 is 0 Å². The lowest BCUT2D eigenvalue weighted by Crippen LogP contribution is -2.36. The average Bonchev–Trinajstić information content (AvgIpc) is 3.34. The second kappa shape index (κ2) is 8.91. The highest BCUT2D eigenvalue weighted by Gasteiger charge is 2.35. The van der Waals surface area contributed by atoms with Crippen LogP contribution in [0.25, 0.3) is 0 Å². The van der Waals surface area contributed by atoms with Gasteiger partial charge >= 0.3 is 6.61 Å². The van der Waals surface area contributed by atoms with Gasteiger partial charge in [0.2, 0.25) is 5.91 Å². The van der Waals surface area contributed by atoms with Crippen molar-refractivity contribution in [2.24, 2.45) is 0 Å². The Hall–Kier alpha value is -3.31. The van der Waals surface area contributed by atoms with Gasteiger partial charge in [-0.1, -0.05) is 30.3 Å². The number of aromatic nitrogens is 2. The van der Waals surface area contributed by atoms with E-state index in [1.165, 1.54) is 11.1 Å². The summed E-state index contributed by atoms with van der Waals surface area (Å²) in [4.78, 5) is 14.5. The second-order valence-electron chi connectivity index (χ2n) is 7.65. The van der Waals surface area contributed by atoms with E-state index in [4.69, 9.17) is 0 Å². The summed E-state index contributed by atoms with van der Waals surface area (Å²) in [5, 5.41) is 14.4. The van der Waals surface area contributed by atoms with Gasteiger partial charge in [-0.3, -0.25) is 4.79 Å². The average molecular weight is 477 g/mol. The first kappa shape index (κ1) is 22.9. The van der Waals surface area contributed by atoms with Crippen molar-refractivity contribution in [1.29, 1.82) is 0 Å². The van der Waals surface area contributed by atoms with E-state index in [0.717, 1.165) is 28.4 Å². The van der Waals surface area contributed by atoms with E-state index in [-0.39, 0.29) is 29.6 Å². The Kier molecular flexibility index (Phi) is 6.17. The molecule has 2 heterocycles. The lowest BCUT2D eigenvalue weighted by molar-refractivity contribution is -0.135. The first-order valence-electron chi connectivity index (χ1n) is 10.1. The fraction of sp³-hybridized carbons (Fsp3) is 0.273. The third-order valence-electron chi connectivity index (χ3n) is 5.37. The number of alkyl halides is 2. The number of carbonyl (C=O) groups is 1. The summed E-state index contributed by atoms with van der Waals surface area (Å²) in [5.41, 5.74) is 1.69. The van der Waals surface area contributed by atoms with Crippen molar-refractivity contribution in [3.05, 3.63) is 77.6 Å². The zero-order valence-corrected chi connectivity index (χ0v) is 18.3. The molecule has 2 aromatic carbocycles. The third-order valence-corrected chi connectivity index (χ3v) is 6.92. The molecule has 4 rings (SSSR count). The normalized spacial score (nSPS) is 15.4. The van der Waals surface area contributed by atoms with Crippen LogP contribution in [0.2, 0.25) is 0 Å². The minimum Gasteiger partial charge on any atom is -0.435 e. The van der Waals surface area contributed by atoms with Crippen molar-refractivity contribution < 1.29 is 31.8 Å². The quantitative estimate of drug-likeness (QED) is 0.562. The molecule has 1 aliphatic heterocycles. The molecule has 0 spiro atoms. The molecule has 11 heteroatoms. The Bertz CT molecular complexity index is 1220. The first-order valence-corrected chi connectivity index (χ1v) is 11.5. The number of halogens is 2. The molecule has 3 aromatic rings. The van der Waals surface area contributed by atoms with Gasteiger partial charge in [0.1, 0.15) is 5.75 Å². The number of hydrogen-bond acceptors (Lipinski definition) is 6. The van der Waals surface area contributed by atoms with Crippen molar-refractivity contribution >= 4 is 15.9 Å². The number of hydrogen-bond donors (Lipinski definition) is 1. The van der Waals surface area contributed by atoms with E-state index in [9.17, 15) is 27.1 Å². The predicted octanol–water partition coefficient (Wildman–Crippen LogP) is 2.73. The molecule has 0 aliphatic carbocycles. The van der Waals surface area contributed by atoms with Gasteiger partial charge in [0.05, 0.1) is 29.2 Å². The van der Waals surface area contributed by atoms with Crippen LogP contribution in [0.1, 0.15) is 29.7 Å². The number of nitrogens with zero attached hydrogens (tertiary/aromatic N) is 3. The molecule has 0 saturated heterocycles. The second-order valence-corrected chi connectivity index (χ2v) is 9.45. The van der Waals surface area contributed by atoms with Crippen molar-refractivity contribution in [1.82, 2.24) is 14.1 Å². The first-order chi connectivity index (χ1) is 15.7. The molecule has 0 bridgehead atoms. The standard InChI is InChI=1S/C22H21F2N3O5S/c1-14(28)20(15-5-3-2-4-6-15)21(29)26-11-16-12-27(25-19(16)13-26)33(30,31)18-9-7-17(8-10-18)32-22(23)24/h2-10,12,14,20,22,28H,11,13H2,1H3/t14-,20-/m0/s1. The van der Waals surface area contributed by atoms with Crippen LogP contribution in [-0.2, 0) is 27.9 Å². The highest BCUT2D eigenvalue weighted by Crippen LogP contribution is 2.29. The minimum absolute atomic E-state index is 0.105. The molecular weight excluding hydrogens is 456 g/mol. The highest BCUT2D eigenvalue weighted by atomic mass is 32.2. The van der Waals surface area contributed by atoms with Crippen molar-refractivity contribution in [3.8, 4) is 5.75 Å². The topological polar surface area (TPSA) is 102 Å². The maximum atomic E-state index is 13.1. The Morgan fingerprint density at radius 2 is 1.76 bits per heavy atom. The predicted molar refractivity (Wildman–Crippen MR) is 113 cm³/mol. The van der Waals surface area contributed by atoms with Gasteiger partial charge < -0.3 is 14.7 Å². The fourth-order valence-electron chi connectivity index (χ4n) is 3.79. The van der Waals surface area contributed by atoms with E-state index in [1.807, 2.05) is 6.07 Å². The Morgan fingerprint density at radius 3 is 2.33 bits per heavy atom. The third kappa shape index (κ3) is 4.60. The molecule has 174 valence electrons. The number of benzene rings is 2. The highest BCUT2D eigenvalue weighted by molar-refractivity contribution is 7.89. The smallest absolute Gasteiger partial charge is 0.387 e. The van der Waals surface area contributed by atoms with E-state index in [0.29, 0.717) is 16.8 Å². The Balaban J connectivity index is 1.51. The molecule has 1 N–H and O–H groups in total. The number of rotatable bonds is 7. The van der Waals surface area contributed by atoms with Crippen LogP contribution in [0.4, 0.5) is 8.78 Å². The maximum absolute atomic E-state index is 13.1. The van der Waals surface area contributed by atoms with E-state index < -0.39 is 28.7 Å². The zero-order valence-electron chi connectivity index (χ0n) is 17.5. The molecule has 1 aliphatic rings. The molecule has 1 amide bonds. The van der Waals surface area contributed by atoms with Crippen LogP contribution in [0.5, 0.6) is 5.75 Å². The number of fused-ring (bicyclic) bond motifs is 1. The molecule has 1 aromatic heterocycles. The van der Waals surface area contributed by atoms with Crippen LogP contribution in [0.15, 0.2) is 65.7 Å². The van der Waals surface area contributed by atoms with Gasteiger partial charge in [0.15, 0.2) is 0 Å². The van der Waals surface area contributed by atoms with Gasteiger partial charge in [-0.05, 0) is 36.8 Å². The molecule has 8 nitrogen and oxygen atoms in total. The molecule has 0 saturated carbocycles. The monoisotopic (exact) mass is 477 g/mol. The lowest BCUT2D eigenvalue weighted by atomic mass is 9.93. The summed E-state index contributed by atoms with van der Waals surface area (Å²) in [6.45, 7) is -1.20. The van der Waals surface area contributed by atoms with Gasteiger partial charge in [-0.2, -0.15) is 26.4 Å². The van der Waals surface area contributed by atoms with Crippen molar-refractivity contribution in [2.75, 3.05) is 0 Å². The number of amides is 1. The summed E-state index contributed by atoms with van der Waals surface area (Å²) in [7, 11) is -4.05. The summed E-state index contributed by atoms with van der Waals surface area (Å²) < 4.78 is 55.4. The van der Waals surface area contributed by atoms with Crippen LogP contribution in [-0.4, -0.2) is 46.2 Å². The summed E-state index contributed by atoms with van der Waals surface area (Å²) in [5.74, 6) is -1.19. The molecule has 0 fully saturated rings. The Morgan fingerprint density at radius 1 is 1.09 bits per heavy atom. The molecule has 0 unspecified atom stereocenters. The van der Waals surface area contributed by atoms with Gasteiger partial charge in [-0.25, -0.2) is 0 Å². The van der Waals surface area contributed by atoms with Crippen LogP contribution in [0.3, 0.4) is 0 Å². The van der Waals surface area contributed by atoms with Gasteiger partial charge in [-0.15, -0.1) is 0 Å². The van der Waals surface area contributed by atoms with Gasteiger partial charge in [0, 0.05) is 18.3 Å². The Labute approximate surface area is 189 Å². The van der Waals surface area contributed by atoms with Crippen LogP contribution in [0, 0.1) is 0 Å². The lowest BCUT2D eigenvalue weighted by Gasteiger charge is -2.25.